The highest BCUT2D eigenvalue weighted by molar-refractivity contribution is 5.82. The van der Waals surface area contributed by atoms with Crippen LogP contribution in [0.2, 0.25) is 0 Å². The number of hydrogen-bond acceptors (Lipinski definition) is 3. The van der Waals surface area contributed by atoms with Gasteiger partial charge in [0.15, 0.2) is 0 Å². The Bertz CT molecular complexity index is 607. The lowest BCUT2D eigenvalue weighted by molar-refractivity contribution is 0.218. The molecular weight excluding hydrogens is 224 g/mol. The summed E-state index contributed by atoms with van der Waals surface area (Å²) >= 11 is 0. The van der Waals surface area contributed by atoms with Gasteiger partial charge < -0.3 is 10.1 Å². The fourth-order valence-electron chi connectivity index (χ4n) is 2.34. The van der Waals surface area contributed by atoms with Crippen LogP contribution < -0.4 is 10.1 Å². The summed E-state index contributed by atoms with van der Waals surface area (Å²) in [5.74, 6) is 0.781. The van der Waals surface area contributed by atoms with Crippen LogP contribution >= 0.6 is 0 Å². The van der Waals surface area contributed by atoms with Crippen LogP contribution in [0, 0.1) is 13.8 Å². The number of pyridine rings is 1. The lowest BCUT2D eigenvalue weighted by atomic mass is 10.0. The Morgan fingerprint density at radius 1 is 1.22 bits per heavy atom. The van der Waals surface area contributed by atoms with Crippen LogP contribution in [0.25, 0.3) is 10.9 Å². The fourth-order valence-corrected chi connectivity index (χ4v) is 2.34. The Hall–Kier alpha value is -1.61. The molecule has 0 unspecified atom stereocenters. The summed E-state index contributed by atoms with van der Waals surface area (Å²) in [6.07, 6.45) is 0.169. The molecule has 3 rings (SSSR count). The van der Waals surface area contributed by atoms with E-state index in [-0.39, 0.29) is 6.10 Å². The molecule has 0 bridgehead atoms. The second kappa shape index (κ2) is 4.25. The number of benzene rings is 1. The predicted octanol–water partition coefficient (Wildman–Crippen LogP) is 2.72. The summed E-state index contributed by atoms with van der Waals surface area (Å²) in [7, 11) is 0. The van der Waals surface area contributed by atoms with Gasteiger partial charge in [-0.15, -0.1) is 0 Å². The number of aromatic nitrogens is 1. The molecule has 1 aromatic carbocycles. The maximum absolute atomic E-state index is 5.86. The summed E-state index contributed by atoms with van der Waals surface area (Å²) in [6.45, 7) is 8.01. The Labute approximate surface area is 107 Å². The van der Waals surface area contributed by atoms with Gasteiger partial charge in [0.2, 0.25) is 5.88 Å². The van der Waals surface area contributed by atoms with E-state index in [1.54, 1.807) is 0 Å². The molecule has 1 aromatic heterocycles. The largest absolute Gasteiger partial charge is 0.473 e. The van der Waals surface area contributed by atoms with Gasteiger partial charge in [-0.25, -0.2) is 4.98 Å². The number of ether oxygens (including phenoxy) is 1. The van der Waals surface area contributed by atoms with Gasteiger partial charge in [0.05, 0.1) is 5.52 Å². The molecule has 18 heavy (non-hydrogen) atoms. The van der Waals surface area contributed by atoms with Crippen LogP contribution in [0.15, 0.2) is 18.2 Å². The first-order valence-corrected chi connectivity index (χ1v) is 6.42. The smallest absolute Gasteiger partial charge is 0.218 e. The Morgan fingerprint density at radius 3 is 2.83 bits per heavy atom. The van der Waals surface area contributed by atoms with Crippen molar-refractivity contribution in [2.45, 2.75) is 33.4 Å². The topological polar surface area (TPSA) is 34.1 Å². The van der Waals surface area contributed by atoms with E-state index >= 15 is 0 Å². The van der Waals surface area contributed by atoms with Crippen molar-refractivity contribution in [3.05, 3.63) is 34.9 Å². The Morgan fingerprint density at radius 2 is 2.00 bits per heavy atom. The normalized spacial score (nSPS) is 19.2. The Kier molecular flexibility index (Phi) is 2.71. The highest BCUT2D eigenvalue weighted by atomic mass is 16.5. The van der Waals surface area contributed by atoms with Crippen molar-refractivity contribution in [3.63, 3.8) is 0 Å². The molecule has 0 saturated heterocycles. The molecule has 2 heterocycles. The first kappa shape index (κ1) is 11.5. The molecule has 94 valence electrons. The molecule has 1 atom stereocenters. The maximum Gasteiger partial charge on any atom is 0.218 e. The van der Waals surface area contributed by atoms with Crippen molar-refractivity contribution < 1.29 is 4.74 Å². The molecule has 0 saturated carbocycles. The zero-order chi connectivity index (χ0) is 12.7. The van der Waals surface area contributed by atoms with Gasteiger partial charge in [-0.05, 0) is 50.1 Å². The van der Waals surface area contributed by atoms with E-state index in [0.29, 0.717) is 0 Å². The molecule has 0 aliphatic carbocycles. The van der Waals surface area contributed by atoms with Gasteiger partial charge in [-0.3, -0.25) is 0 Å². The van der Waals surface area contributed by atoms with E-state index in [0.717, 1.165) is 30.0 Å². The minimum Gasteiger partial charge on any atom is -0.473 e. The van der Waals surface area contributed by atoms with Crippen LogP contribution in [0.1, 0.15) is 23.6 Å². The van der Waals surface area contributed by atoms with E-state index < -0.39 is 0 Å². The molecule has 2 aromatic rings. The van der Waals surface area contributed by atoms with E-state index in [4.69, 9.17) is 4.74 Å². The molecule has 1 N–H and O–H groups in total. The van der Waals surface area contributed by atoms with Crippen LogP contribution in [0.4, 0.5) is 0 Å². The monoisotopic (exact) mass is 242 g/mol. The number of aryl methyl sites for hydroxylation is 2. The van der Waals surface area contributed by atoms with Gasteiger partial charge in [0, 0.05) is 24.0 Å². The predicted molar refractivity (Wildman–Crippen MR) is 73.0 cm³/mol. The van der Waals surface area contributed by atoms with Crippen molar-refractivity contribution in [1.82, 2.24) is 10.3 Å². The van der Waals surface area contributed by atoms with E-state index in [9.17, 15) is 0 Å². The van der Waals surface area contributed by atoms with E-state index in [1.807, 2.05) is 0 Å². The molecule has 0 spiro atoms. The average molecular weight is 242 g/mol. The quantitative estimate of drug-likeness (QED) is 0.771. The third kappa shape index (κ3) is 1.95. The zero-order valence-corrected chi connectivity index (χ0v) is 11.1. The molecule has 0 radical (unpaired) electrons. The van der Waals surface area contributed by atoms with Gasteiger partial charge in [0.25, 0.3) is 0 Å². The minimum atomic E-state index is 0.169. The molecule has 1 aliphatic heterocycles. The van der Waals surface area contributed by atoms with E-state index in [2.05, 4.69) is 49.3 Å². The SMILES string of the molecule is Cc1cc2cc3c(nc2cc1C)O[C@H](C)CNC3. The highest BCUT2D eigenvalue weighted by Crippen LogP contribution is 2.26. The second-order valence-corrected chi connectivity index (χ2v) is 5.14. The van der Waals surface area contributed by atoms with Crippen molar-refractivity contribution >= 4 is 10.9 Å². The number of rotatable bonds is 0. The first-order chi connectivity index (χ1) is 8.63. The summed E-state index contributed by atoms with van der Waals surface area (Å²) in [5.41, 5.74) is 4.75. The Balaban J connectivity index is 2.19. The third-order valence-corrected chi connectivity index (χ3v) is 3.53. The standard InChI is InChI=1S/C15H18N2O/c1-9-4-12-6-13-8-16-7-11(3)18-15(13)17-14(12)5-10(9)2/h4-6,11,16H,7-8H2,1-3H3/t11-/m1/s1. The average Bonchev–Trinajstić information content (AvgIpc) is 2.49. The molecule has 0 fully saturated rings. The van der Waals surface area contributed by atoms with Crippen molar-refractivity contribution in [2.75, 3.05) is 6.54 Å². The minimum absolute atomic E-state index is 0.169. The number of nitrogens with one attached hydrogen (secondary N) is 1. The second-order valence-electron chi connectivity index (χ2n) is 5.14. The summed E-state index contributed by atoms with van der Waals surface area (Å²) in [5, 5.41) is 4.57. The number of nitrogens with zero attached hydrogens (tertiary/aromatic N) is 1. The third-order valence-electron chi connectivity index (χ3n) is 3.53. The van der Waals surface area contributed by atoms with Gasteiger partial charge in [-0.1, -0.05) is 0 Å². The molecule has 3 heteroatoms. The van der Waals surface area contributed by atoms with Gasteiger partial charge in [-0.2, -0.15) is 0 Å². The molecular formula is C15H18N2O. The lowest BCUT2D eigenvalue weighted by Gasteiger charge is -2.12. The van der Waals surface area contributed by atoms with Crippen LogP contribution in [-0.2, 0) is 6.54 Å². The van der Waals surface area contributed by atoms with Crippen molar-refractivity contribution in [2.24, 2.45) is 0 Å². The lowest BCUT2D eigenvalue weighted by Crippen LogP contribution is -2.25. The molecule has 1 aliphatic rings. The van der Waals surface area contributed by atoms with E-state index in [1.165, 1.54) is 16.5 Å². The van der Waals surface area contributed by atoms with Crippen molar-refractivity contribution in [3.8, 4) is 5.88 Å². The van der Waals surface area contributed by atoms with Crippen LogP contribution in [-0.4, -0.2) is 17.6 Å². The summed E-state index contributed by atoms with van der Waals surface area (Å²) < 4.78 is 5.86. The highest BCUT2D eigenvalue weighted by Gasteiger charge is 2.16. The molecule has 0 amide bonds. The van der Waals surface area contributed by atoms with Gasteiger partial charge >= 0.3 is 0 Å². The van der Waals surface area contributed by atoms with Crippen LogP contribution in [0.5, 0.6) is 5.88 Å². The maximum atomic E-state index is 5.86. The van der Waals surface area contributed by atoms with Gasteiger partial charge in [0.1, 0.15) is 6.10 Å². The number of hydrogen-bond donors (Lipinski definition) is 1. The first-order valence-electron chi connectivity index (χ1n) is 6.42. The fraction of sp³-hybridized carbons (Fsp3) is 0.400. The summed E-state index contributed by atoms with van der Waals surface area (Å²) in [4.78, 5) is 4.67. The zero-order valence-electron chi connectivity index (χ0n) is 11.1. The van der Waals surface area contributed by atoms with Crippen LogP contribution in [0.3, 0.4) is 0 Å². The molecule has 3 nitrogen and oxygen atoms in total. The summed E-state index contributed by atoms with van der Waals surface area (Å²) in [6, 6.07) is 6.53. The number of fused-ring (bicyclic) bond motifs is 2. The van der Waals surface area contributed by atoms with Crippen molar-refractivity contribution in [1.29, 1.82) is 0 Å².